The molecule has 0 bridgehead atoms. The standard InChI is InChI=1S/C58H105BN10O19/c1-2-43(55(60)79)68-56(80)44(69-59)21-17-18-30-61-48(71)28-26-45(57(81)82)66-51(74)24-20-32-63-52(75)41-87-39-38-86-36-34-65-53(76)42-88-40-37-85-35-33-64-49(72)29-27-46(58(83)84)67-50(73)23-19-31-62-47(70)22-15-13-11-9-7-5-3-4-6-8-10-12-14-16-25-54(77)78/h43-46,69H,2-42,59H2,1H3,(H2,60,79)(H,61,71)(H,62,70)(H,63,75)(H,64,72)(H,65,76)(H,66,74)(H,67,73)(H,68,80)(H,77,78)(H,81,82)(H,83,84)/t43-,44-,45-,46-/m0/s1. The minimum atomic E-state index is -1.30. The van der Waals surface area contributed by atoms with Gasteiger partial charge >= 0.3 is 17.9 Å². The molecule has 0 aliphatic carbocycles. The summed E-state index contributed by atoms with van der Waals surface area (Å²) in [5.41, 5.74) is 5.29. The van der Waals surface area contributed by atoms with E-state index >= 15 is 0 Å². The van der Waals surface area contributed by atoms with Crippen LogP contribution < -0.4 is 53.5 Å². The maximum Gasteiger partial charge on any atom is 0.326 e. The molecule has 0 heterocycles. The van der Waals surface area contributed by atoms with Gasteiger partial charge in [0, 0.05) is 71.2 Å². The number of carboxylic acids is 3. The molecule has 9 amide bonds. The number of hydrogen-bond acceptors (Lipinski definition) is 17. The number of primary amides is 1. The Labute approximate surface area is 519 Å². The summed E-state index contributed by atoms with van der Waals surface area (Å²) in [6, 6.07) is -3.86. The zero-order valence-corrected chi connectivity index (χ0v) is 52.3. The fourth-order valence-electron chi connectivity index (χ4n) is 8.65. The summed E-state index contributed by atoms with van der Waals surface area (Å²) in [4.78, 5) is 144. The predicted molar refractivity (Wildman–Crippen MR) is 327 cm³/mol. The second kappa shape index (κ2) is 55.8. The van der Waals surface area contributed by atoms with E-state index < -0.39 is 77.5 Å². The summed E-state index contributed by atoms with van der Waals surface area (Å²) < 4.78 is 21.3. The predicted octanol–water partition coefficient (Wildman–Crippen LogP) is 0.276. The second-order valence-corrected chi connectivity index (χ2v) is 21.3. The van der Waals surface area contributed by atoms with Crippen LogP contribution in [0, 0.1) is 0 Å². The van der Waals surface area contributed by atoms with Crippen molar-refractivity contribution in [2.75, 3.05) is 85.6 Å². The number of carbonyl (C=O) groups excluding carboxylic acids is 9. The molecule has 0 unspecified atom stereocenters. The number of unbranched alkanes of at least 4 members (excludes halogenated alkanes) is 14. The van der Waals surface area contributed by atoms with Crippen LogP contribution in [0.5, 0.6) is 0 Å². The molecule has 30 heteroatoms. The van der Waals surface area contributed by atoms with Crippen molar-refractivity contribution in [2.24, 2.45) is 5.73 Å². The zero-order valence-electron chi connectivity index (χ0n) is 52.3. The lowest BCUT2D eigenvalue weighted by Gasteiger charge is -2.20. The van der Waals surface area contributed by atoms with Gasteiger partial charge in [0.25, 0.3) is 0 Å². The van der Waals surface area contributed by atoms with Gasteiger partial charge < -0.3 is 87.8 Å². The highest BCUT2D eigenvalue weighted by Gasteiger charge is 2.24. The van der Waals surface area contributed by atoms with E-state index in [9.17, 15) is 67.7 Å². The van der Waals surface area contributed by atoms with Gasteiger partial charge in [-0.1, -0.05) is 84.0 Å². The molecule has 88 heavy (non-hydrogen) atoms. The van der Waals surface area contributed by atoms with E-state index in [2.05, 4.69) is 47.8 Å². The Kier molecular flexibility index (Phi) is 51.7. The van der Waals surface area contributed by atoms with Gasteiger partial charge in [-0.25, -0.2) is 9.59 Å². The van der Waals surface area contributed by atoms with Crippen LogP contribution in [-0.4, -0.2) is 204 Å². The monoisotopic (exact) mass is 1260 g/mol. The van der Waals surface area contributed by atoms with Crippen LogP contribution >= 0.6 is 0 Å². The van der Waals surface area contributed by atoms with Gasteiger partial charge in [0.15, 0.2) is 7.98 Å². The summed E-state index contributed by atoms with van der Waals surface area (Å²) in [5.74, 6) is -7.04. The molecule has 0 rings (SSSR count). The first kappa shape index (κ1) is 81.5. The van der Waals surface area contributed by atoms with E-state index in [1.54, 1.807) is 14.9 Å². The van der Waals surface area contributed by atoms with E-state index in [1.165, 1.54) is 44.9 Å². The molecular formula is C58H105BN10O19. The zero-order chi connectivity index (χ0) is 65.4. The highest BCUT2D eigenvalue weighted by atomic mass is 16.5. The van der Waals surface area contributed by atoms with E-state index in [0.717, 1.165) is 44.9 Å². The number of nitrogens with one attached hydrogen (secondary N) is 9. The van der Waals surface area contributed by atoms with Gasteiger partial charge in [-0.05, 0) is 64.2 Å². The molecule has 0 spiro atoms. The number of rotatable bonds is 61. The number of amides is 9. The lowest BCUT2D eigenvalue weighted by molar-refractivity contribution is -0.142. The molecule has 0 fully saturated rings. The molecule has 4 atom stereocenters. The first-order valence-electron chi connectivity index (χ1n) is 31.5. The van der Waals surface area contributed by atoms with E-state index in [0.29, 0.717) is 51.6 Å². The highest BCUT2D eigenvalue weighted by molar-refractivity contribution is 6.07. The van der Waals surface area contributed by atoms with Crippen LogP contribution in [-0.2, 0) is 76.5 Å². The Bertz CT molecular complexity index is 2030. The minimum Gasteiger partial charge on any atom is -0.481 e. The molecule has 0 aromatic heterocycles. The van der Waals surface area contributed by atoms with Crippen LogP contribution in [0.3, 0.4) is 0 Å². The molecule has 29 nitrogen and oxygen atoms in total. The Morgan fingerprint density at radius 2 is 0.727 bits per heavy atom. The average molecular weight is 1260 g/mol. The molecule has 0 aromatic carbocycles. The van der Waals surface area contributed by atoms with Crippen LogP contribution in [0.15, 0.2) is 0 Å². The third kappa shape index (κ3) is 50.5. The largest absolute Gasteiger partial charge is 0.481 e. The lowest BCUT2D eigenvalue weighted by atomic mass is 10.0. The third-order valence-electron chi connectivity index (χ3n) is 13.8. The summed E-state index contributed by atoms with van der Waals surface area (Å²) in [5, 5.41) is 51.4. The summed E-state index contributed by atoms with van der Waals surface area (Å²) >= 11 is 0. The van der Waals surface area contributed by atoms with Crippen LogP contribution in [0.2, 0.25) is 0 Å². The molecular weight excluding hydrogens is 1150 g/mol. The third-order valence-corrected chi connectivity index (χ3v) is 13.8. The second-order valence-electron chi connectivity index (χ2n) is 21.3. The molecule has 0 saturated heterocycles. The lowest BCUT2D eigenvalue weighted by Crippen LogP contribution is -2.51. The Balaban J connectivity index is 3.86. The van der Waals surface area contributed by atoms with Crippen LogP contribution in [0.4, 0.5) is 0 Å². The average Bonchev–Trinajstić information content (AvgIpc) is 3.58. The highest BCUT2D eigenvalue weighted by Crippen LogP contribution is 2.14. The maximum atomic E-state index is 12.4. The van der Waals surface area contributed by atoms with Crippen molar-refractivity contribution in [1.29, 1.82) is 0 Å². The van der Waals surface area contributed by atoms with Gasteiger partial charge in [0.05, 0.1) is 45.7 Å². The number of hydrogen-bond donors (Lipinski definition) is 13. The van der Waals surface area contributed by atoms with Gasteiger partial charge in [-0.2, -0.15) is 0 Å². The Morgan fingerprint density at radius 3 is 1.14 bits per heavy atom. The summed E-state index contributed by atoms with van der Waals surface area (Å²) in [7, 11) is 1.62. The van der Waals surface area contributed by atoms with Crippen molar-refractivity contribution in [3.05, 3.63) is 0 Å². The Hall–Kier alpha value is -6.50. The van der Waals surface area contributed by atoms with Crippen LogP contribution in [0.25, 0.3) is 0 Å². The molecule has 0 aliphatic heterocycles. The van der Waals surface area contributed by atoms with Crippen molar-refractivity contribution in [1.82, 2.24) is 47.8 Å². The first-order valence-corrected chi connectivity index (χ1v) is 31.5. The van der Waals surface area contributed by atoms with Gasteiger partial charge in [0.2, 0.25) is 53.2 Å². The molecule has 504 valence electrons. The number of carboxylic acid groups (broad SMARTS) is 3. The van der Waals surface area contributed by atoms with Crippen molar-refractivity contribution < 1.29 is 91.8 Å². The maximum absolute atomic E-state index is 12.4. The van der Waals surface area contributed by atoms with Crippen molar-refractivity contribution >= 4 is 79.1 Å². The minimum absolute atomic E-state index is 0.0183. The normalized spacial score (nSPS) is 12.3. The van der Waals surface area contributed by atoms with E-state index in [-0.39, 0.29) is 142 Å². The molecule has 0 aliphatic rings. The summed E-state index contributed by atoms with van der Waals surface area (Å²) in [6.45, 7) is 3.05. The first-order chi connectivity index (χ1) is 42.3. The smallest absolute Gasteiger partial charge is 0.326 e. The van der Waals surface area contributed by atoms with E-state index in [1.807, 2.05) is 0 Å². The molecule has 14 N–H and O–H groups in total. The fourth-order valence-corrected chi connectivity index (χ4v) is 8.65. The van der Waals surface area contributed by atoms with Crippen LogP contribution in [0.1, 0.15) is 187 Å². The van der Waals surface area contributed by atoms with E-state index in [4.69, 9.17) is 29.8 Å². The fraction of sp³-hybridized carbons (Fsp3) is 0.793. The number of nitrogens with two attached hydrogens (primary N) is 1. The summed E-state index contributed by atoms with van der Waals surface area (Å²) in [6.07, 6.45) is 17.9. The van der Waals surface area contributed by atoms with Gasteiger partial charge in [0.1, 0.15) is 31.3 Å². The van der Waals surface area contributed by atoms with Crippen molar-refractivity contribution in [3.8, 4) is 0 Å². The van der Waals surface area contributed by atoms with Gasteiger partial charge in [-0.15, -0.1) is 0 Å². The number of ether oxygens (including phenoxy) is 4. The Morgan fingerprint density at radius 1 is 0.364 bits per heavy atom. The SMILES string of the molecule is BN[C@@H](CCCCNC(=O)CC[C@H](NC(=O)CCCNC(=O)COCCOCCNC(=O)COCCOCCNC(=O)CC[C@H](NC(=O)CCCNC(=O)CCCCCCCCCCCCCCCCC(=O)O)C(=O)O)C(=O)O)C(=O)N[C@@H](CC)C(N)=O. The number of carbonyl (C=O) groups is 12. The van der Waals surface area contributed by atoms with Crippen molar-refractivity contribution in [2.45, 2.75) is 211 Å². The van der Waals surface area contributed by atoms with Gasteiger partial charge in [-0.3, -0.25) is 47.9 Å². The molecule has 0 aromatic rings. The molecule has 0 radical (unpaired) electrons. The quantitative estimate of drug-likeness (QED) is 0.0287. The topological polar surface area (TPSA) is 437 Å². The number of aliphatic carboxylic acids is 3. The molecule has 0 saturated carbocycles. The van der Waals surface area contributed by atoms with Crippen molar-refractivity contribution in [3.63, 3.8) is 0 Å².